The molecule has 2 saturated heterocycles. The number of rotatable bonds is 8. The van der Waals surface area contributed by atoms with Gasteiger partial charge < -0.3 is 44.2 Å². The van der Waals surface area contributed by atoms with Gasteiger partial charge in [-0.05, 0) is 58.9 Å². The molecule has 2 fully saturated rings. The quantitative estimate of drug-likeness (QED) is 0.135. The van der Waals surface area contributed by atoms with Crippen LogP contribution in [0.3, 0.4) is 0 Å². The molecule has 0 unspecified atom stereocenters. The van der Waals surface area contributed by atoms with Gasteiger partial charge >= 0.3 is 23.9 Å². The van der Waals surface area contributed by atoms with Gasteiger partial charge in [-0.25, -0.2) is 9.59 Å². The highest BCUT2D eigenvalue weighted by molar-refractivity contribution is 6.15. The maximum absolute atomic E-state index is 11.6. The second kappa shape index (κ2) is 19.8. The number of carbonyl (C=O) groups is 4. The standard InChI is InChI=1S/C13H14N2O4.C7H16O3.C6H8N2.C6H8O4/c1-8-4-5-9(6-14-8)15-7-10-11(16)18-13(2,3)19-12(10)17;1-4-8-7(9-5-2)10-6-3;1-5-2-3-6(7)4-8-5;1-6(2)9-4(7)3-5(8)10-6/h4-7,15H,1-3H3;7H,4-6H2,1-3H3;2-4H,7H2,1H3;3H2,1-2H3. The molecule has 0 atom stereocenters. The van der Waals surface area contributed by atoms with Gasteiger partial charge in [-0.2, -0.15) is 0 Å². The fraction of sp³-hybridized carbons (Fsp3) is 0.500. The lowest BCUT2D eigenvalue weighted by Gasteiger charge is -2.29. The SMILES string of the molecule is CC1(C)OC(=O)CC(=O)O1.CCOC(OCC)OCC.Cc1ccc(N)cn1.Cc1ccc(NC=C2C(=O)OC(C)(C)OC2=O)cn1. The van der Waals surface area contributed by atoms with Crippen LogP contribution in [0.25, 0.3) is 0 Å². The Bertz CT molecular complexity index is 1250. The molecule has 0 saturated carbocycles. The fourth-order valence-electron chi connectivity index (χ4n) is 3.28. The highest BCUT2D eigenvalue weighted by Gasteiger charge is 2.39. The number of hydrogen-bond acceptors (Lipinski definition) is 15. The summed E-state index contributed by atoms with van der Waals surface area (Å²) in [6.07, 6.45) is 4.22. The first-order chi connectivity index (χ1) is 22.0. The number of nitrogens with one attached hydrogen (secondary N) is 1. The number of esters is 4. The molecule has 0 aliphatic carbocycles. The smallest absolute Gasteiger partial charge is 0.350 e. The number of aromatic nitrogens is 2. The molecule has 4 rings (SSSR count). The molecule has 15 nitrogen and oxygen atoms in total. The molecule has 260 valence electrons. The molecule has 47 heavy (non-hydrogen) atoms. The van der Waals surface area contributed by atoms with Crippen molar-refractivity contribution >= 4 is 35.3 Å². The van der Waals surface area contributed by atoms with E-state index in [4.69, 9.17) is 29.4 Å². The number of carbonyl (C=O) groups excluding carboxylic acids is 4. The second-order valence-corrected chi connectivity index (χ2v) is 10.5. The maximum Gasteiger partial charge on any atom is 0.350 e. The van der Waals surface area contributed by atoms with E-state index >= 15 is 0 Å². The minimum atomic E-state index is -1.23. The summed E-state index contributed by atoms with van der Waals surface area (Å²) in [6.45, 7) is 16.9. The monoisotopic (exact) mass is 662 g/mol. The molecule has 15 heteroatoms. The number of anilines is 2. The highest BCUT2D eigenvalue weighted by atomic mass is 16.8. The normalized spacial score (nSPS) is 15.9. The zero-order valence-corrected chi connectivity index (χ0v) is 28.4. The Morgan fingerprint density at radius 2 is 1.21 bits per heavy atom. The van der Waals surface area contributed by atoms with Gasteiger partial charge in [0.05, 0.1) is 23.8 Å². The van der Waals surface area contributed by atoms with E-state index in [0.29, 0.717) is 25.5 Å². The third kappa shape index (κ3) is 17.0. The van der Waals surface area contributed by atoms with Crippen LogP contribution >= 0.6 is 0 Å². The van der Waals surface area contributed by atoms with Crippen LogP contribution in [0, 0.1) is 13.8 Å². The molecule has 0 bridgehead atoms. The van der Waals surface area contributed by atoms with E-state index in [1.807, 2.05) is 52.8 Å². The lowest BCUT2D eigenvalue weighted by atomic mass is 10.2. The Morgan fingerprint density at radius 1 is 0.766 bits per heavy atom. The van der Waals surface area contributed by atoms with Crippen molar-refractivity contribution in [2.24, 2.45) is 0 Å². The predicted molar refractivity (Wildman–Crippen MR) is 170 cm³/mol. The summed E-state index contributed by atoms with van der Waals surface area (Å²) in [7, 11) is 0. The van der Waals surface area contributed by atoms with Gasteiger partial charge in [-0.15, -0.1) is 0 Å². The number of cyclic esters (lactones) is 4. The summed E-state index contributed by atoms with van der Waals surface area (Å²) in [5.74, 6) is -4.78. The van der Waals surface area contributed by atoms with Crippen molar-refractivity contribution in [3.8, 4) is 0 Å². The summed E-state index contributed by atoms with van der Waals surface area (Å²) in [6, 6.07) is 7.31. The average Bonchev–Trinajstić information content (AvgIpc) is 2.95. The first-order valence-corrected chi connectivity index (χ1v) is 14.8. The number of pyridine rings is 2. The van der Waals surface area contributed by atoms with E-state index in [1.165, 1.54) is 33.9 Å². The Hall–Kier alpha value is -4.60. The average molecular weight is 663 g/mol. The van der Waals surface area contributed by atoms with Crippen molar-refractivity contribution in [3.63, 3.8) is 0 Å². The lowest BCUT2D eigenvalue weighted by molar-refractivity contribution is -0.282. The van der Waals surface area contributed by atoms with Gasteiger partial charge in [0.1, 0.15) is 6.42 Å². The summed E-state index contributed by atoms with van der Waals surface area (Å²) in [5, 5.41) is 2.80. The van der Waals surface area contributed by atoms with Crippen LogP contribution < -0.4 is 11.1 Å². The molecule has 0 aromatic carbocycles. The zero-order valence-electron chi connectivity index (χ0n) is 28.4. The number of aryl methyl sites for hydroxylation is 2. The predicted octanol–water partition coefficient (Wildman–Crippen LogP) is 4.09. The molecule has 0 amide bonds. The second-order valence-electron chi connectivity index (χ2n) is 10.5. The van der Waals surface area contributed by atoms with Crippen LogP contribution in [0.1, 0.15) is 66.3 Å². The van der Waals surface area contributed by atoms with Gasteiger partial charge in [0.25, 0.3) is 18.1 Å². The Morgan fingerprint density at radius 3 is 1.57 bits per heavy atom. The van der Waals surface area contributed by atoms with E-state index < -0.39 is 41.9 Å². The summed E-state index contributed by atoms with van der Waals surface area (Å²) < 4.78 is 34.5. The first-order valence-electron chi connectivity index (χ1n) is 14.8. The molecule has 2 aromatic rings. The van der Waals surface area contributed by atoms with Gasteiger partial charge in [0.15, 0.2) is 5.57 Å². The Balaban J connectivity index is 0.000000337. The van der Waals surface area contributed by atoms with Crippen molar-refractivity contribution in [2.75, 3.05) is 30.9 Å². The van der Waals surface area contributed by atoms with Gasteiger partial charge in [0.2, 0.25) is 0 Å². The molecule has 2 aromatic heterocycles. The van der Waals surface area contributed by atoms with Crippen molar-refractivity contribution < 1.29 is 52.3 Å². The lowest BCUT2D eigenvalue weighted by Crippen LogP contribution is -2.42. The number of nitrogens with zero attached hydrogens (tertiary/aromatic N) is 2. The van der Waals surface area contributed by atoms with Crippen LogP contribution in [0.5, 0.6) is 0 Å². The van der Waals surface area contributed by atoms with Crippen LogP contribution in [0.15, 0.2) is 48.4 Å². The van der Waals surface area contributed by atoms with E-state index in [-0.39, 0.29) is 12.0 Å². The highest BCUT2D eigenvalue weighted by Crippen LogP contribution is 2.22. The van der Waals surface area contributed by atoms with Crippen LogP contribution in [0.4, 0.5) is 11.4 Å². The van der Waals surface area contributed by atoms with Crippen molar-refractivity contribution in [1.29, 1.82) is 0 Å². The maximum atomic E-state index is 11.6. The summed E-state index contributed by atoms with van der Waals surface area (Å²) >= 11 is 0. The minimum absolute atomic E-state index is 0.181. The zero-order chi connectivity index (χ0) is 35.6. The van der Waals surface area contributed by atoms with E-state index in [9.17, 15) is 19.2 Å². The van der Waals surface area contributed by atoms with Crippen molar-refractivity contribution in [2.45, 2.75) is 86.8 Å². The molecule has 3 N–H and O–H groups in total. The third-order valence-electron chi connectivity index (χ3n) is 5.26. The molecule has 4 heterocycles. The van der Waals surface area contributed by atoms with Crippen LogP contribution in [0.2, 0.25) is 0 Å². The van der Waals surface area contributed by atoms with Crippen LogP contribution in [-0.4, -0.2) is 71.7 Å². The number of nitrogens with two attached hydrogens (primary N) is 1. The van der Waals surface area contributed by atoms with Gasteiger partial charge in [-0.1, -0.05) is 0 Å². The topological polar surface area (TPSA) is 197 Å². The van der Waals surface area contributed by atoms with E-state index in [1.54, 1.807) is 18.5 Å². The molecule has 0 radical (unpaired) electrons. The van der Waals surface area contributed by atoms with Crippen molar-refractivity contribution in [1.82, 2.24) is 9.97 Å². The van der Waals surface area contributed by atoms with Gasteiger partial charge in [-0.3, -0.25) is 19.6 Å². The van der Waals surface area contributed by atoms with E-state index in [0.717, 1.165) is 17.1 Å². The summed E-state index contributed by atoms with van der Waals surface area (Å²) in [5.41, 5.74) is 8.43. The molecular weight excluding hydrogens is 616 g/mol. The Labute approximate surface area is 275 Å². The number of ether oxygens (including phenoxy) is 7. The number of nitrogen functional groups attached to an aromatic ring is 1. The number of hydrogen-bond donors (Lipinski definition) is 2. The van der Waals surface area contributed by atoms with Crippen molar-refractivity contribution in [3.05, 3.63) is 59.8 Å². The first kappa shape index (κ1) is 40.4. The molecule has 0 spiro atoms. The molecule has 2 aliphatic rings. The Kier molecular flexibility index (Phi) is 17.0. The molecule has 2 aliphatic heterocycles. The molecular formula is C32H46N4O11. The van der Waals surface area contributed by atoms with Crippen LogP contribution in [-0.2, 0) is 52.3 Å². The minimum Gasteiger partial charge on any atom is -0.423 e. The van der Waals surface area contributed by atoms with E-state index in [2.05, 4.69) is 24.8 Å². The van der Waals surface area contributed by atoms with Gasteiger partial charge in [0, 0.05) is 65.1 Å². The largest absolute Gasteiger partial charge is 0.423 e. The third-order valence-corrected chi connectivity index (χ3v) is 5.26. The summed E-state index contributed by atoms with van der Waals surface area (Å²) in [4.78, 5) is 52.5. The fourth-order valence-corrected chi connectivity index (χ4v) is 3.28.